The van der Waals surface area contributed by atoms with Gasteiger partial charge < -0.3 is 5.32 Å². The number of alkyl halides is 3. The van der Waals surface area contributed by atoms with Gasteiger partial charge >= 0.3 is 6.18 Å². The Morgan fingerprint density at radius 3 is 2.69 bits per heavy atom. The van der Waals surface area contributed by atoms with Crippen LogP contribution < -0.4 is 5.32 Å². The molecule has 1 aromatic heterocycles. The van der Waals surface area contributed by atoms with Gasteiger partial charge in [0.1, 0.15) is 5.69 Å². The molecular formula is C11H13F3N2. The second kappa shape index (κ2) is 4.41. The Labute approximate surface area is 91.9 Å². The molecular weight excluding hydrogens is 217 g/mol. The van der Waals surface area contributed by atoms with Gasteiger partial charge in [-0.05, 0) is 31.5 Å². The fourth-order valence-corrected chi connectivity index (χ4v) is 1.91. The fraction of sp³-hybridized carbons (Fsp3) is 0.545. The van der Waals surface area contributed by atoms with Crippen molar-refractivity contribution < 1.29 is 13.2 Å². The maximum Gasteiger partial charge on any atom is 0.433 e. The minimum Gasteiger partial charge on any atom is -0.309 e. The van der Waals surface area contributed by atoms with Crippen LogP contribution >= 0.6 is 0 Å². The van der Waals surface area contributed by atoms with E-state index in [0.717, 1.165) is 31.9 Å². The summed E-state index contributed by atoms with van der Waals surface area (Å²) in [6, 6.07) is 4.04. The summed E-state index contributed by atoms with van der Waals surface area (Å²) in [5.41, 5.74) is -0.313. The molecule has 1 saturated heterocycles. The van der Waals surface area contributed by atoms with Crippen molar-refractivity contribution in [2.24, 2.45) is 0 Å². The lowest BCUT2D eigenvalue weighted by Gasteiger charge is -2.23. The van der Waals surface area contributed by atoms with Gasteiger partial charge in [-0.15, -0.1) is 0 Å². The quantitative estimate of drug-likeness (QED) is 0.802. The Morgan fingerprint density at radius 2 is 2.06 bits per heavy atom. The lowest BCUT2D eigenvalue weighted by molar-refractivity contribution is -0.141. The molecule has 88 valence electrons. The zero-order valence-electron chi connectivity index (χ0n) is 8.72. The van der Waals surface area contributed by atoms with Crippen molar-refractivity contribution in [1.29, 1.82) is 0 Å². The van der Waals surface area contributed by atoms with Gasteiger partial charge in [0.05, 0.1) is 5.69 Å². The van der Waals surface area contributed by atoms with Gasteiger partial charge in [-0.2, -0.15) is 13.2 Å². The first kappa shape index (κ1) is 11.4. The van der Waals surface area contributed by atoms with E-state index in [1.807, 2.05) is 0 Å². The molecule has 0 aromatic carbocycles. The number of halogens is 3. The number of nitrogens with one attached hydrogen (secondary N) is 1. The average Bonchev–Trinajstić information content (AvgIpc) is 2.29. The molecule has 0 bridgehead atoms. The van der Waals surface area contributed by atoms with Gasteiger partial charge in [-0.1, -0.05) is 12.5 Å². The molecule has 5 heteroatoms. The van der Waals surface area contributed by atoms with Crippen LogP contribution in [0.15, 0.2) is 18.2 Å². The number of rotatable bonds is 1. The third-order valence-electron chi connectivity index (χ3n) is 2.73. The number of nitrogens with zero attached hydrogens (tertiary/aromatic N) is 1. The SMILES string of the molecule is FC(F)(F)c1cccc([C@@H]2CCCCN2)n1. The number of pyridine rings is 1. The third kappa shape index (κ3) is 2.52. The van der Waals surface area contributed by atoms with E-state index in [1.54, 1.807) is 6.07 Å². The normalized spacial score (nSPS) is 22.1. The zero-order chi connectivity index (χ0) is 11.6. The Kier molecular flexibility index (Phi) is 3.14. The summed E-state index contributed by atoms with van der Waals surface area (Å²) in [7, 11) is 0. The smallest absolute Gasteiger partial charge is 0.309 e. The zero-order valence-corrected chi connectivity index (χ0v) is 8.72. The summed E-state index contributed by atoms with van der Waals surface area (Å²) < 4.78 is 37.4. The van der Waals surface area contributed by atoms with Crippen LogP contribution in [-0.4, -0.2) is 11.5 Å². The first-order valence-corrected chi connectivity index (χ1v) is 5.35. The molecule has 2 nitrogen and oxygen atoms in total. The maximum atomic E-state index is 12.5. The molecule has 0 amide bonds. The number of hydrogen-bond acceptors (Lipinski definition) is 2. The van der Waals surface area contributed by atoms with Crippen LogP contribution in [0, 0.1) is 0 Å². The van der Waals surface area contributed by atoms with Crippen molar-refractivity contribution in [3.05, 3.63) is 29.6 Å². The molecule has 2 rings (SSSR count). The molecule has 0 radical (unpaired) electrons. The van der Waals surface area contributed by atoms with Crippen molar-refractivity contribution in [3.8, 4) is 0 Å². The average molecular weight is 230 g/mol. The van der Waals surface area contributed by atoms with Crippen LogP contribution in [0.5, 0.6) is 0 Å². The summed E-state index contributed by atoms with van der Waals surface area (Å²) in [6.07, 6.45) is -1.38. The lowest BCUT2D eigenvalue weighted by Crippen LogP contribution is -2.28. The minimum absolute atomic E-state index is 0.0314. The molecule has 0 unspecified atom stereocenters. The van der Waals surface area contributed by atoms with Gasteiger partial charge in [-0.3, -0.25) is 0 Å². The molecule has 0 saturated carbocycles. The standard InChI is InChI=1S/C11H13F3N2/c12-11(13,14)10-6-3-5-9(16-10)8-4-1-2-7-15-8/h3,5-6,8,15H,1-2,4,7H2/t8-/m0/s1. The number of hydrogen-bond donors (Lipinski definition) is 1. The Balaban J connectivity index is 2.21. The molecule has 2 heterocycles. The van der Waals surface area contributed by atoms with E-state index in [-0.39, 0.29) is 6.04 Å². The first-order chi connectivity index (χ1) is 7.57. The van der Waals surface area contributed by atoms with Crippen molar-refractivity contribution in [2.75, 3.05) is 6.54 Å². The van der Waals surface area contributed by atoms with Gasteiger partial charge in [-0.25, -0.2) is 4.98 Å². The summed E-state index contributed by atoms with van der Waals surface area (Å²) in [6.45, 7) is 0.850. The van der Waals surface area contributed by atoms with Gasteiger partial charge in [0.25, 0.3) is 0 Å². The molecule has 1 aliphatic rings. The van der Waals surface area contributed by atoms with Crippen molar-refractivity contribution in [3.63, 3.8) is 0 Å². The fourth-order valence-electron chi connectivity index (χ4n) is 1.91. The van der Waals surface area contributed by atoms with Crippen LogP contribution in [0.1, 0.15) is 36.7 Å². The van der Waals surface area contributed by atoms with Crippen LogP contribution in [0.4, 0.5) is 13.2 Å². The van der Waals surface area contributed by atoms with E-state index in [1.165, 1.54) is 6.07 Å². The number of aromatic nitrogens is 1. The molecule has 1 atom stereocenters. The molecule has 0 aliphatic carbocycles. The summed E-state index contributed by atoms with van der Waals surface area (Å²) >= 11 is 0. The lowest BCUT2D eigenvalue weighted by atomic mass is 10.0. The molecule has 16 heavy (non-hydrogen) atoms. The second-order valence-electron chi connectivity index (χ2n) is 3.95. The Morgan fingerprint density at radius 1 is 1.25 bits per heavy atom. The van der Waals surface area contributed by atoms with E-state index in [2.05, 4.69) is 10.3 Å². The predicted molar refractivity (Wildman–Crippen MR) is 53.8 cm³/mol. The monoisotopic (exact) mass is 230 g/mol. The van der Waals surface area contributed by atoms with Crippen molar-refractivity contribution >= 4 is 0 Å². The molecule has 1 aliphatic heterocycles. The van der Waals surface area contributed by atoms with Crippen molar-refractivity contribution in [1.82, 2.24) is 10.3 Å². The Bertz CT molecular complexity index is 356. The van der Waals surface area contributed by atoms with E-state index in [0.29, 0.717) is 5.69 Å². The van der Waals surface area contributed by atoms with Crippen molar-refractivity contribution in [2.45, 2.75) is 31.5 Å². The van der Waals surface area contributed by atoms with E-state index in [9.17, 15) is 13.2 Å². The topological polar surface area (TPSA) is 24.9 Å². The predicted octanol–water partition coefficient (Wildman–Crippen LogP) is 2.92. The van der Waals surface area contributed by atoms with Crippen LogP contribution in [0.2, 0.25) is 0 Å². The minimum atomic E-state index is -4.36. The van der Waals surface area contributed by atoms with Crippen LogP contribution in [-0.2, 0) is 6.18 Å². The Hall–Kier alpha value is -1.10. The highest BCUT2D eigenvalue weighted by Crippen LogP contribution is 2.29. The highest BCUT2D eigenvalue weighted by atomic mass is 19.4. The summed E-state index contributed by atoms with van der Waals surface area (Å²) in [5, 5.41) is 3.18. The third-order valence-corrected chi connectivity index (χ3v) is 2.73. The second-order valence-corrected chi connectivity index (χ2v) is 3.95. The highest BCUT2D eigenvalue weighted by Gasteiger charge is 2.33. The highest BCUT2D eigenvalue weighted by molar-refractivity contribution is 5.16. The summed E-state index contributed by atoms with van der Waals surface area (Å²) in [5.74, 6) is 0. The van der Waals surface area contributed by atoms with E-state index < -0.39 is 11.9 Å². The number of piperidine rings is 1. The maximum absolute atomic E-state index is 12.5. The van der Waals surface area contributed by atoms with E-state index in [4.69, 9.17) is 0 Å². The first-order valence-electron chi connectivity index (χ1n) is 5.35. The van der Waals surface area contributed by atoms with Gasteiger partial charge in [0.2, 0.25) is 0 Å². The van der Waals surface area contributed by atoms with Crippen LogP contribution in [0.25, 0.3) is 0 Å². The van der Waals surface area contributed by atoms with E-state index >= 15 is 0 Å². The summed E-state index contributed by atoms with van der Waals surface area (Å²) in [4.78, 5) is 3.68. The van der Waals surface area contributed by atoms with Crippen LogP contribution in [0.3, 0.4) is 0 Å². The molecule has 1 aromatic rings. The molecule has 1 fully saturated rings. The molecule has 0 spiro atoms. The largest absolute Gasteiger partial charge is 0.433 e. The van der Waals surface area contributed by atoms with Gasteiger partial charge in [0.15, 0.2) is 0 Å². The van der Waals surface area contributed by atoms with Gasteiger partial charge in [0, 0.05) is 6.04 Å². The molecule has 1 N–H and O–H groups in total.